The molecule has 0 N–H and O–H groups in total. The first-order valence-electron chi connectivity index (χ1n) is 4.21. The van der Waals surface area contributed by atoms with Crippen LogP contribution in [-0.2, 0) is 19.4 Å². The maximum absolute atomic E-state index is 10.2. The Kier molecular flexibility index (Phi) is 22.2. The molecule has 0 spiro atoms. The minimum atomic E-state index is -1.08. The molecule has 1 radical (unpaired) electrons. The van der Waals surface area contributed by atoms with Crippen LogP contribution in [-0.4, -0.2) is 18.5 Å². The van der Waals surface area contributed by atoms with E-state index in [-0.39, 0.29) is 5.97 Å². The van der Waals surface area contributed by atoms with Crippen LogP contribution in [0.3, 0.4) is 0 Å². The Hall–Kier alpha value is -2.34. The van der Waals surface area contributed by atoms with Gasteiger partial charge < -0.3 is 4.74 Å². The van der Waals surface area contributed by atoms with Gasteiger partial charge in [-0.3, -0.25) is 0 Å². The second-order valence-electron chi connectivity index (χ2n) is 2.09. The van der Waals surface area contributed by atoms with E-state index in [0.717, 1.165) is 19.4 Å². The zero-order valence-electron chi connectivity index (χ0n) is 9.23. The van der Waals surface area contributed by atoms with Crippen LogP contribution in [0.25, 0.3) is 0 Å². The van der Waals surface area contributed by atoms with Crippen LogP contribution >= 0.6 is 0 Å². The van der Waals surface area contributed by atoms with Crippen LogP contribution in [0, 0.1) is 22.7 Å². The molecule has 0 bridgehead atoms. The van der Waals surface area contributed by atoms with E-state index in [1.54, 1.807) is 0 Å². The number of nitrogens with zero attached hydrogens (tertiary/aromatic N) is 2. The molecule has 0 heterocycles. The van der Waals surface area contributed by atoms with Crippen molar-refractivity contribution in [2.24, 2.45) is 0 Å². The summed E-state index contributed by atoms with van der Waals surface area (Å²) in [6.07, 6.45) is 2.02. The Morgan fingerprint density at radius 2 is 1.75 bits per heavy atom. The number of hydrogen-bond donors (Lipinski definition) is 0. The average Bonchev–Trinajstić information content (AvgIpc) is 2.25. The minimum absolute atomic E-state index is 0.341. The first-order valence-corrected chi connectivity index (χ1v) is 4.21. The third kappa shape index (κ3) is 61.0. The predicted octanol–water partition coefficient (Wildman–Crippen LogP) is 1.12. The quantitative estimate of drug-likeness (QED) is 0.527. The average molecular weight is 225 g/mol. The van der Waals surface area contributed by atoms with Gasteiger partial charge in [0, 0.05) is 13.0 Å². The van der Waals surface area contributed by atoms with Crippen molar-refractivity contribution in [3.63, 3.8) is 0 Å². The van der Waals surface area contributed by atoms with Gasteiger partial charge >= 0.3 is 11.9 Å². The molecule has 6 nitrogen and oxygen atoms in total. The van der Waals surface area contributed by atoms with Crippen LogP contribution in [0.5, 0.6) is 0 Å². The third-order valence-corrected chi connectivity index (χ3v) is 0.665. The Bertz CT molecular complexity index is 270. The molecule has 0 amide bonds. The van der Waals surface area contributed by atoms with Crippen molar-refractivity contribution in [1.29, 1.82) is 10.5 Å². The molecule has 0 atom stereocenters. The number of carbonyl (C=O) groups excluding carboxylic acids is 2. The van der Waals surface area contributed by atoms with Crippen molar-refractivity contribution >= 4 is 11.9 Å². The lowest BCUT2D eigenvalue weighted by Gasteiger charge is -1.94. The highest BCUT2D eigenvalue weighted by Gasteiger charge is 1.89. The van der Waals surface area contributed by atoms with Gasteiger partial charge in [-0.05, 0) is 6.42 Å². The second-order valence-corrected chi connectivity index (χ2v) is 2.09. The van der Waals surface area contributed by atoms with Gasteiger partial charge in [0.2, 0.25) is 0 Å². The highest BCUT2D eigenvalue weighted by atomic mass is 16.5. The highest BCUT2D eigenvalue weighted by Crippen LogP contribution is 1.81. The normalized spacial score (nSPS) is 6.25. The lowest BCUT2D eigenvalue weighted by molar-refractivity contribution is -0.140. The molecule has 0 saturated carbocycles. The smallest absolute Gasteiger partial charge is 0.352 e. The van der Waals surface area contributed by atoms with Gasteiger partial charge in [0.25, 0.3) is 0 Å². The van der Waals surface area contributed by atoms with E-state index in [2.05, 4.69) is 11.3 Å². The lowest BCUT2D eigenvalue weighted by Crippen LogP contribution is -1.99. The van der Waals surface area contributed by atoms with Gasteiger partial charge in [-0.15, -0.1) is 0 Å². The van der Waals surface area contributed by atoms with E-state index in [9.17, 15) is 4.79 Å². The number of esters is 1. The Balaban J connectivity index is -0.000000179. The fourth-order valence-electron chi connectivity index (χ4n) is 0.262. The Labute approximate surface area is 94.4 Å². The van der Waals surface area contributed by atoms with Gasteiger partial charge in [0.15, 0.2) is 12.1 Å². The highest BCUT2D eigenvalue weighted by molar-refractivity contribution is 5.81. The topological polar surface area (TPSA) is 111 Å². The molecule has 16 heavy (non-hydrogen) atoms. The van der Waals surface area contributed by atoms with Crippen molar-refractivity contribution < 1.29 is 19.4 Å². The number of rotatable bonds is 3. The monoisotopic (exact) mass is 225 g/mol. The summed E-state index contributed by atoms with van der Waals surface area (Å²) in [6.45, 7) is 6.64. The van der Waals surface area contributed by atoms with Crippen molar-refractivity contribution in [3.05, 3.63) is 12.7 Å². The lowest BCUT2D eigenvalue weighted by atomic mass is 10.5. The Morgan fingerprint density at radius 1 is 1.38 bits per heavy atom. The van der Waals surface area contributed by atoms with E-state index >= 15 is 0 Å². The molecule has 0 aromatic rings. The van der Waals surface area contributed by atoms with E-state index in [0.29, 0.717) is 6.61 Å². The number of carbonyl (C=O) groups is 2. The number of nitriles is 2. The number of hydrogen-bond acceptors (Lipinski definition) is 5. The molecule has 0 unspecified atom stereocenters. The van der Waals surface area contributed by atoms with Crippen LogP contribution in [0.1, 0.15) is 20.3 Å². The van der Waals surface area contributed by atoms with E-state index in [4.69, 9.17) is 20.4 Å². The molecular weight excluding hydrogens is 212 g/mol. The molecule has 0 aliphatic heterocycles. The molecule has 0 aliphatic carbocycles. The van der Waals surface area contributed by atoms with Gasteiger partial charge in [-0.2, -0.15) is 10.5 Å². The summed E-state index contributed by atoms with van der Waals surface area (Å²) >= 11 is 0. The maximum Gasteiger partial charge on any atom is 0.352 e. The standard InChI is InChI=1S/C6H10O2.C2N2.C2H3O2/c1-3-5-8-6(7)4-2;3-1-2-4;1-2(3)4/h4H,2-3,5H2,1H3;;1H3. The fourth-order valence-corrected chi connectivity index (χ4v) is 0.262. The molecule has 0 saturated heterocycles. The summed E-state index contributed by atoms with van der Waals surface area (Å²) in [5.74, 6) is -1.42. The zero-order valence-corrected chi connectivity index (χ0v) is 9.23. The summed E-state index contributed by atoms with van der Waals surface area (Å²) in [6, 6.07) is 2.47. The van der Waals surface area contributed by atoms with Gasteiger partial charge in [0.05, 0.1) is 6.61 Å². The molecule has 0 fully saturated rings. The summed E-state index contributed by atoms with van der Waals surface area (Å²) in [5, 5.41) is 23.4. The van der Waals surface area contributed by atoms with Crippen molar-refractivity contribution in [1.82, 2.24) is 0 Å². The molecule has 0 rings (SSSR count). The summed E-state index contributed by atoms with van der Waals surface area (Å²) < 4.78 is 4.58. The fraction of sp³-hybridized carbons (Fsp3) is 0.400. The van der Waals surface area contributed by atoms with E-state index in [1.165, 1.54) is 12.1 Å². The second kappa shape index (κ2) is 18.4. The third-order valence-electron chi connectivity index (χ3n) is 0.665. The minimum Gasteiger partial charge on any atom is -0.463 e. The van der Waals surface area contributed by atoms with Gasteiger partial charge in [-0.25, -0.2) is 14.7 Å². The van der Waals surface area contributed by atoms with Crippen LogP contribution in [0.2, 0.25) is 0 Å². The van der Waals surface area contributed by atoms with Crippen LogP contribution in [0.4, 0.5) is 0 Å². The molecule has 0 aromatic heterocycles. The van der Waals surface area contributed by atoms with Crippen molar-refractivity contribution in [2.75, 3.05) is 6.61 Å². The van der Waals surface area contributed by atoms with Crippen LogP contribution < -0.4 is 0 Å². The summed E-state index contributed by atoms with van der Waals surface area (Å²) in [4.78, 5) is 19.1. The SMILES string of the molecule is C=CC(=O)OCCC.CC([O])=O.N#CC#N. The van der Waals surface area contributed by atoms with Crippen molar-refractivity contribution in [2.45, 2.75) is 20.3 Å². The van der Waals surface area contributed by atoms with Gasteiger partial charge in [-0.1, -0.05) is 13.5 Å². The van der Waals surface area contributed by atoms with Gasteiger partial charge in [0.1, 0.15) is 0 Å². The Morgan fingerprint density at radius 3 is 1.94 bits per heavy atom. The first kappa shape index (κ1) is 19.3. The van der Waals surface area contributed by atoms with E-state index < -0.39 is 5.97 Å². The molecule has 0 aromatic carbocycles. The van der Waals surface area contributed by atoms with E-state index in [1.807, 2.05) is 6.92 Å². The van der Waals surface area contributed by atoms with Crippen LogP contribution in [0.15, 0.2) is 12.7 Å². The largest absolute Gasteiger partial charge is 0.463 e. The van der Waals surface area contributed by atoms with Crippen molar-refractivity contribution in [3.8, 4) is 12.1 Å². The first-order chi connectivity index (χ1) is 7.45. The summed E-state index contributed by atoms with van der Waals surface area (Å²) in [7, 11) is 0. The molecule has 6 heteroatoms. The summed E-state index contributed by atoms with van der Waals surface area (Å²) in [5.41, 5.74) is 0. The molecule has 87 valence electrons. The zero-order chi connectivity index (χ0) is 13.4. The molecule has 0 aliphatic rings. The predicted molar refractivity (Wildman–Crippen MR) is 54.0 cm³/mol. The maximum atomic E-state index is 10.2. The molecular formula is C10H13N2O4. The number of ether oxygens (including phenoxy) is 1.